The van der Waals surface area contributed by atoms with Crippen molar-refractivity contribution in [1.82, 2.24) is 0 Å². The van der Waals surface area contributed by atoms with E-state index < -0.39 is 0 Å². The Balaban J connectivity index is 1.82. The summed E-state index contributed by atoms with van der Waals surface area (Å²) in [4.78, 5) is 0. The third kappa shape index (κ3) is 2.72. The van der Waals surface area contributed by atoms with Crippen LogP contribution in [0.25, 0.3) is 0 Å². The third-order valence-corrected chi connectivity index (χ3v) is 6.33. The first-order valence-corrected chi connectivity index (χ1v) is 9.36. The maximum absolute atomic E-state index is 5.72. The lowest BCUT2D eigenvalue weighted by Crippen LogP contribution is -2.53. The van der Waals surface area contributed by atoms with E-state index in [2.05, 4.69) is 25.2 Å². The first-order valence-electron chi connectivity index (χ1n) is 9.36. The summed E-state index contributed by atoms with van der Waals surface area (Å²) >= 11 is 0. The average Bonchev–Trinajstić information content (AvgIpc) is 2.70. The number of quaternary nitrogens is 1. The van der Waals surface area contributed by atoms with Gasteiger partial charge >= 0.3 is 0 Å². The van der Waals surface area contributed by atoms with Crippen LogP contribution in [-0.2, 0) is 19.4 Å². The molecule has 2 aliphatic heterocycles. The molecule has 2 atom stereocenters. The molecule has 0 aliphatic carbocycles. The van der Waals surface area contributed by atoms with E-state index in [0.29, 0.717) is 6.04 Å². The number of fused-ring (bicyclic) bond motifs is 4. The quantitative estimate of drug-likeness (QED) is 0.772. The fraction of sp³-hybridized carbons (Fsp3) is 0.455. The fourth-order valence-corrected chi connectivity index (χ4v) is 4.82. The van der Waals surface area contributed by atoms with Gasteiger partial charge in [0.15, 0.2) is 23.0 Å². The Morgan fingerprint density at radius 1 is 0.852 bits per heavy atom. The Morgan fingerprint density at radius 3 is 2.22 bits per heavy atom. The van der Waals surface area contributed by atoms with Crippen molar-refractivity contribution in [2.45, 2.75) is 25.4 Å². The van der Waals surface area contributed by atoms with E-state index in [1.165, 1.54) is 22.3 Å². The van der Waals surface area contributed by atoms with Gasteiger partial charge in [-0.25, -0.2) is 0 Å². The van der Waals surface area contributed by atoms with Crippen LogP contribution in [0.5, 0.6) is 23.0 Å². The summed E-state index contributed by atoms with van der Waals surface area (Å²) in [7, 11) is 9.18. The summed E-state index contributed by atoms with van der Waals surface area (Å²) in [6.45, 7) is 2.03. The molecule has 2 aliphatic rings. The minimum Gasteiger partial charge on any atom is -0.493 e. The Hall–Kier alpha value is -2.40. The zero-order valence-electron chi connectivity index (χ0n) is 16.8. The molecule has 0 amide bonds. The maximum Gasteiger partial charge on any atom is 0.169 e. The molecule has 0 saturated carbocycles. The molecule has 0 bridgehead atoms. The van der Waals surface area contributed by atoms with Crippen molar-refractivity contribution < 1.29 is 23.4 Å². The predicted molar refractivity (Wildman–Crippen MR) is 104 cm³/mol. The number of likely N-dealkylation sites (N-methyl/N-ethyl adjacent to an activating group) is 1. The van der Waals surface area contributed by atoms with E-state index in [9.17, 15) is 0 Å². The van der Waals surface area contributed by atoms with Crippen molar-refractivity contribution in [3.63, 3.8) is 0 Å². The van der Waals surface area contributed by atoms with Crippen molar-refractivity contribution in [3.05, 3.63) is 46.5 Å². The molecule has 0 saturated heterocycles. The molecule has 4 rings (SSSR count). The van der Waals surface area contributed by atoms with E-state index in [1.54, 1.807) is 28.4 Å². The van der Waals surface area contributed by atoms with Crippen LogP contribution in [0.4, 0.5) is 0 Å². The molecule has 2 aromatic rings. The largest absolute Gasteiger partial charge is 0.493 e. The van der Waals surface area contributed by atoms with Crippen LogP contribution >= 0.6 is 0 Å². The lowest BCUT2D eigenvalue weighted by molar-refractivity contribution is -0.956. The van der Waals surface area contributed by atoms with Gasteiger partial charge in [-0.3, -0.25) is 0 Å². The lowest BCUT2D eigenvalue weighted by atomic mass is 9.81. The second kappa shape index (κ2) is 6.64. The molecule has 27 heavy (non-hydrogen) atoms. The highest BCUT2D eigenvalue weighted by Gasteiger charge is 2.44. The van der Waals surface area contributed by atoms with Gasteiger partial charge in [-0.1, -0.05) is 6.07 Å². The molecular formula is C22H28NO4+. The number of methoxy groups -OCH3 is 4. The molecule has 5 nitrogen and oxygen atoms in total. The standard InChI is InChI=1S/C22H28NO4/c1-23-9-8-15-11-20(25-3)21(26-4)12-16(15)18(23)10-14-6-7-19(24-2)22(27-5)17(14)13-23/h6-7,11-12,18H,8-10,13H2,1-5H3/q+1/t18?,23-/m0/s1. The predicted octanol–water partition coefficient (Wildman–Crippen LogP) is 3.52. The number of rotatable bonds is 4. The highest BCUT2D eigenvalue weighted by atomic mass is 16.5. The number of hydrogen-bond acceptors (Lipinski definition) is 4. The van der Waals surface area contributed by atoms with Crippen LogP contribution < -0.4 is 18.9 Å². The minimum absolute atomic E-state index is 0.402. The van der Waals surface area contributed by atoms with E-state index >= 15 is 0 Å². The van der Waals surface area contributed by atoms with Gasteiger partial charge in [-0.15, -0.1) is 0 Å². The molecule has 1 unspecified atom stereocenters. The van der Waals surface area contributed by atoms with Gasteiger partial charge in [-0.2, -0.15) is 0 Å². The third-order valence-electron chi connectivity index (χ3n) is 6.33. The Labute approximate surface area is 161 Å². The van der Waals surface area contributed by atoms with Crippen molar-refractivity contribution >= 4 is 0 Å². The van der Waals surface area contributed by atoms with Gasteiger partial charge < -0.3 is 23.4 Å². The van der Waals surface area contributed by atoms with Crippen LogP contribution in [0.2, 0.25) is 0 Å². The van der Waals surface area contributed by atoms with Crippen molar-refractivity contribution in [3.8, 4) is 23.0 Å². The summed E-state index contributed by atoms with van der Waals surface area (Å²) in [5.41, 5.74) is 5.37. The number of benzene rings is 2. The van der Waals surface area contributed by atoms with Crippen LogP contribution in [-0.4, -0.2) is 46.5 Å². The highest BCUT2D eigenvalue weighted by molar-refractivity contribution is 5.53. The number of hydrogen-bond donors (Lipinski definition) is 0. The summed E-state index contributed by atoms with van der Waals surface area (Å²) in [5, 5.41) is 0. The van der Waals surface area contributed by atoms with E-state index in [0.717, 1.165) is 53.4 Å². The Morgan fingerprint density at radius 2 is 1.56 bits per heavy atom. The summed E-state index contributed by atoms with van der Waals surface area (Å²) < 4.78 is 23.3. The zero-order valence-corrected chi connectivity index (χ0v) is 16.8. The minimum atomic E-state index is 0.402. The van der Waals surface area contributed by atoms with E-state index in [1.807, 2.05) is 6.07 Å². The van der Waals surface area contributed by atoms with Gasteiger partial charge in [0.25, 0.3) is 0 Å². The van der Waals surface area contributed by atoms with Gasteiger partial charge in [0.1, 0.15) is 12.6 Å². The lowest BCUT2D eigenvalue weighted by Gasteiger charge is -2.49. The topological polar surface area (TPSA) is 36.9 Å². The summed E-state index contributed by atoms with van der Waals surface area (Å²) in [6.07, 6.45) is 2.01. The SMILES string of the molecule is COc1cc2c(cc1OC)C1Cc3ccc(OC)c(OC)c3C[N@+]1(C)CC2. The van der Waals surface area contributed by atoms with Crippen LogP contribution in [0.3, 0.4) is 0 Å². The fourth-order valence-electron chi connectivity index (χ4n) is 4.82. The van der Waals surface area contributed by atoms with Gasteiger partial charge in [-0.05, 0) is 29.3 Å². The van der Waals surface area contributed by atoms with Crippen LogP contribution in [0, 0.1) is 0 Å². The molecule has 2 aromatic carbocycles. The molecule has 144 valence electrons. The zero-order chi connectivity index (χ0) is 19.2. The van der Waals surface area contributed by atoms with E-state index in [-0.39, 0.29) is 0 Å². The van der Waals surface area contributed by atoms with E-state index in [4.69, 9.17) is 18.9 Å². The molecular weight excluding hydrogens is 342 g/mol. The second-order valence-corrected chi connectivity index (χ2v) is 7.68. The highest BCUT2D eigenvalue weighted by Crippen LogP contribution is 2.48. The van der Waals surface area contributed by atoms with Crippen LogP contribution in [0.15, 0.2) is 24.3 Å². The first kappa shape index (κ1) is 18.0. The molecule has 0 N–H and O–H groups in total. The van der Waals surface area contributed by atoms with Gasteiger partial charge in [0.05, 0.1) is 47.6 Å². The molecule has 0 radical (unpaired) electrons. The molecule has 2 heterocycles. The molecule has 0 aromatic heterocycles. The first-order chi connectivity index (χ1) is 13.0. The molecule has 5 heteroatoms. The normalized spacial score (nSPS) is 22.9. The van der Waals surface area contributed by atoms with Gasteiger partial charge in [0, 0.05) is 18.4 Å². The molecule has 0 spiro atoms. The van der Waals surface area contributed by atoms with Crippen molar-refractivity contribution in [2.75, 3.05) is 42.0 Å². The Bertz CT molecular complexity index is 879. The maximum atomic E-state index is 5.72. The number of ether oxygens (including phenoxy) is 4. The number of nitrogens with zero attached hydrogens (tertiary/aromatic N) is 1. The van der Waals surface area contributed by atoms with Gasteiger partial charge in [0.2, 0.25) is 0 Å². The summed E-state index contributed by atoms with van der Waals surface area (Å²) in [6, 6.07) is 8.95. The molecule has 0 fully saturated rings. The van der Waals surface area contributed by atoms with Crippen molar-refractivity contribution in [2.24, 2.45) is 0 Å². The smallest absolute Gasteiger partial charge is 0.169 e. The summed E-state index contributed by atoms with van der Waals surface area (Å²) in [5.74, 6) is 3.31. The Kier molecular flexibility index (Phi) is 4.42. The monoisotopic (exact) mass is 370 g/mol. The van der Waals surface area contributed by atoms with Crippen LogP contribution in [0.1, 0.15) is 28.3 Å². The second-order valence-electron chi connectivity index (χ2n) is 7.68. The van der Waals surface area contributed by atoms with Crippen molar-refractivity contribution in [1.29, 1.82) is 0 Å². The average molecular weight is 370 g/mol.